The van der Waals surface area contributed by atoms with Crippen molar-refractivity contribution in [3.8, 4) is 0 Å². The van der Waals surface area contributed by atoms with E-state index in [-0.39, 0.29) is 5.41 Å². The van der Waals surface area contributed by atoms with Crippen molar-refractivity contribution in [1.29, 1.82) is 0 Å². The number of nitrogens with two attached hydrogens (primary N) is 1. The Morgan fingerprint density at radius 2 is 2.00 bits per heavy atom. The number of nitrogens with zero attached hydrogens (tertiary/aromatic N) is 2. The average Bonchev–Trinajstić information content (AvgIpc) is 2.75. The zero-order valence-electron chi connectivity index (χ0n) is 13.1. The number of halogens is 1. The molecule has 0 aromatic carbocycles. The molecule has 114 valence electrons. The maximum absolute atomic E-state index is 6.17. The van der Waals surface area contributed by atoms with Crippen molar-refractivity contribution in [3.05, 3.63) is 15.9 Å². The summed E-state index contributed by atoms with van der Waals surface area (Å²) >= 11 is 3.74. The van der Waals surface area contributed by atoms with E-state index in [0.717, 1.165) is 31.0 Å². The van der Waals surface area contributed by atoms with Crippen LogP contribution in [0.1, 0.15) is 57.3 Å². The minimum atomic E-state index is 0.285. The molecule has 20 heavy (non-hydrogen) atoms. The maximum atomic E-state index is 6.17. The van der Waals surface area contributed by atoms with Crippen molar-refractivity contribution in [2.45, 2.75) is 58.8 Å². The molecule has 1 fully saturated rings. The van der Waals surface area contributed by atoms with Gasteiger partial charge in [-0.3, -0.25) is 4.68 Å². The molecule has 0 radical (unpaired) electrons. The SMILES string of the molecule is CCc1nn(C)c(CC2(CN)CCC(CC)CC2)c1Br. The van der Waals surface area contributed by atoms with Crippen LogP contribution in [0.25, 0.3) is 0 Å². The van der Waals surface area contributed by atoms with Crippen LogP contribution in [0.3, 0.4) is 0 Å². The maximum Gasteiger partial charge on any atom is 0.0766 e. The summed E-state index contributed by atoms with van der Waals surface area (Å²) in [5.41, 5.74) is 8.94. The smallest absolute Gasteiger partial charge is 0.0766 e. The van der Waals surface area contributed by atoms with E-state index < -0.39 is 0 Å². The molecule has 1 saturated carbocycles. The first kappa shape index (κ1) is 16.0. The zero-order chi connectivity index (χ0) is 14.8. The van der Waals surface area contributed by atoms with Crippen LogP contribution in [0.2, 0.25) is 0 Å². The molecule has 0 spiro atoms. The van der Waals surface area contributed by atoms with Crippen LogP contribution in [0.4, 0.5) is 0 Å². The monoisotopic (exact) mass is 341 g/mol. The second-order valence-corrected chi connectivity index (χ2v) is 7.21. The molecule has 1 aromatic rings. The van der Waals surface area contributed by atoms with Crippen LogP contribution < -0.4 is 5.73 Å². The molecule has 4 heteroatoms. The highest BCUT2D eigenvalue weighted by Gasteiger charge is 2.35. The summed E-state index contributed by atoms with van der Waals surface area (Å²) in [5.74, 6) is 0.913. The van der Waals surface area contributed by atoms with Crippen LogP contribution in [-0.4, -0.2) is 16.3 Å². The molecular weight excluding hydrogens is 314 g/mol. The predicted octanol–water partition coefficient (Wildman–Crippen LogP) is 3.83. The summed E-state index contributed by atoms with van der Waals surface area (Å²) in [4.78, 5) is 0. The van der Waals surface area contributed by atoms with Crippen molar-refractivity contribution in [3.63, 3.8) is 0 Å². The highest BCUT2D eigenvalue weighted by molar-refractivity contribution is 9.10. The molecular formula is C16H28BrN3. The molecule has 1 heterocycles. The molecule has 0 amide bonds. The number of aromatic nitrogens is 2. The predicted molar refractivity (Wildman–Crippen MR) is 87.7 cm³/mol. The summed E-state index contributed by atoms with van der Waals surface area (Å²) in [6.07, 6.45) is 8.55. The number of aryl methyl sites for hydroxylation is 2. The molecule has 1 aliphatic rings. The third-order valence-corrected chi connectivity index (χ3v) is 6.14. The first-order valence-corrected chi connectivity index (χ1v) is 8.74. The Morgan fingerprint density at radius 1 is 1.35 bits per heavy atom. The Morgan fingerprint density at radius 3 is 2.45 bits per heavy atom. The second-order valence-electron chi connectivity index (χ2n) is 6.42. The first-order chi connectivity index (χ1) is 9.55. The summed E-state index contributed by atoms with van der Waals surface area (Å²) in [5, 5.41) is 4.62. The third kappa shape index (κ3) is 3.11. The van der Waals surface area contributed by atoms with Crippen molar-refractivity contribution < 1.29 is 0 Å². The van der Waals surface area contributed by atoms with Gasteiger partial charge in [-0.15, -0.1) is 0 Å². The van der Waals surface area contributed by atoms with Gasteiger partial charge < -0.3 is 5.73 Å². The highest BCUT2D eigenvalue weighted by Crippen LogP contribution is 2.42. The van der Waals surface area contributed by atoms with Gasteiger partial charge in [0.1, 0.15) is 0 Å². The lowest BCUT2D eigenvalue weighted by molar-refractivity contribution is 0.151. The van der Waals surface area contributed by atoms with Crippen molar-refractivity contribution in [2.75, 3.05) is 6.54 Å². The number of rotatable bonds is 5. The lowest BCUT2D eigenvalue weighted by atomic mass is 9.67. The largest absolute Gasteiger partial charge is 0.330 e. The normalized spacial score (nSPS) is 26.9. The van der Waals surface area contributed by atoms with E-state index in [1.165, 1.54) is 42.3 Å². The molecule has 0 bridgehead atoms. The van der Waals surface area contributed by atoms with E-state index in [1.807, 2.05) is 4.68 Å². The highest BCUT2D eigenvalue weighted by atomic mass is 79.9. The minimum Gasteiger partial charge on any atom is -0.330 e. The van der Waals surface area contributed by atoms with Gasteiger partial charge >= 0.3 is 0 Å². The minimum absolute atomic E-state index is 0.285. The Hall–Kier alpha value is -0.350. The van der Waals surface area contributed by atoms with Gasteiger partial charge in [0, 0.05) is 7.05 Å². The molecule has 0 atom stereocenters. The van der Waals surface area contributed by atoms with Gasteiger partial charge in [0.05, 0.1) is 15.9 Å². The van der Waals surface area contributed by atoms with Gasteiger partial charge in [0.2, 0.25) is 0 Å². The molecule has 0 aliphatic heterocycles. The number of hydrogen-bond acceptors (Lipinski definition) is 2. The van der Waals surface area contributed by atoms with Crippen molar-refractivity contribution >= 4 is 15.9 Å². The topological polar surface area (TPSA) is 43.8 Å². The quantitative estimate of drug-likeness (QED) is 0.884. The summed E-state index contributed by atoms with van der Waals surface area (Å²) in [7, 11) is 2.06. The Kier molecular flexibility index (Phi) is 5.30. The van der Waals surface area contributed by atoms with Crippen LogP contribution in [-0.2, 0) is 19.9 Å². The Balaban J connectivity index is 2.17. The molecule has 2 N–H and O–H groups in total. The van der Waals surface area contributed by atoms with E-state index in [4.69, 9.17) is 5.73 Å². The number of hydrogen-bond donors (Lipinski definition) is 1. The van der Waals surface area contributed by atoms with Crippen LogP contribution in [0, 0.1) is 11.3 Å². The summed E-state index contributed by atoms with van der Waals surface area (Å²) in [6, 6.07) is 0. The molecule has 3 nitrogen and oxygen atoms in total. The lowest BCUT2D eigenvalue weighted by Gasteiger charge is -2.39. The fourth-order valence-corrected chi connectivity index (χ4v) is 4.27. The van der Waals surface area contributed by atoms with Crippen molar-refractivity contribution in [1.82, 2.24) is 9.78 Å². The average molecular weight is 342 g/mol. The van der Waals surface area contributed by atoms with Gasteiger partial charge in [-0.2, -0.15) is 5.10 Å². The molecule has 0 saturated heterocycles. The van der Waals surface area contributed by atoms with Gasteiger partial charge in [0.15, 0.2) is 0 Å². The summed E-state index contributed by atoms with van der Waals surface area (Å²) < 4.78 is 3.25. The van der Waals surface area contributed by atoms with Gasteiger partial charge in [-0.05, 0) is 72.3 Å². The first-order valence-electron chi connectivity index (χ1n) is 7.95. The van der Waals surface area contributed by atoms with Crippen LogP contribution >= 0.6 is 15.9 Å². The molecule has 1 aliphatic carbocycles. The third-order valence-electron chi connectivity index (χ3n) is 5.22. The Labute approximate surface area is 131 Å². The van der Waals surface area contributed by atoms with E-state index in [1.54, 1.807) is 0 Å². The van der Waals surface area contributed by atoms with Gasteiger partial charge in [-0.25, -0.2) is 0 Å². The molecule has 0 unspecified atom stereocenters. The Bertz CT molecular complexity index is 445. The van der Waals surface area contributed by atoms with E-state index >= 15 is 0 Å². The lowest BCUT2D eigenvalue weighted by Crippen LogP contribution is -2.37. The van der Waals surface area contributed by atoms with Crippen molar-refractivity contribution in [2.24, 2.45) is 24.1 Å². The van der Waals surface area contributed by atoms with E-state index in [9.17, 15) is 0 Å². The molecule has 1 aromatic heterocycles. The fraction of sp³-hybridized carbons (Fsp3) is 0.812. The standard InChI is InChI=1S/C16H28BrN3/c1-4-12-6-8-16(11-18,9-7-12)10-14-15(17)13(5-2)19-20(14)3/h12H,4-11,18H2,1-3H3. The summed E-state index contributed by atoms with van der Waals surface area (Å²) in [6.45, 7) is 5.26. The van der Waals surface area contributed by atoms with Crippen LogP contribution in [0.15, 0.2) is 4.47 Å². The zero-order valence-corrected chi connectivity index (χ0v) is 14.7. The fourth-order valence-electron chi connectivity index (χ4n) is 3.52. The second kappa shape index (κ2) is 6.61. The van der Waals surface area contributed by atoms with Crippen LogP contribution in [0.5, 0.6) is 0 Å². The van der Waals surface area contributed by atoms with Gasteiger partial charge in [-0.1, -0.05) is 20.3 Å². The molecule has 2 rings (SSSR count). The van der Waals surface area contributed by atoms with E-state index in [2.05, 4.69) is 41.9 Å². The van der Waals surface area contributed by atoms with E-state index in [0.29, 0.717) is 0 Å². The van der Waals surface area contributed by atoms with Gasteiger partial charge in [0.25, 0.3) is 0 Å².